The molecule has 1 aromatic carbocycles. The van der Waals surface area contributed by atoms with Gasteiger partial charge < -0.3 is 0 Å². The van der Waals surface area contributed by atoms with E-state index in [2.05, 4.69) is 0 Å². The van der Waals surface area contributed by atoms with E-state index >= 15 is 0 Å². The smallest absolute Gasteiger partial charge is 0.159 e. The molecule has 1 nitrogen and oxygen atoms in total. The van der Waals surface area contributed by atoms with Crippen LogP contribution in [0.3, 0.4) is 0 Å². The van der Waals surface area contributed by atoms with Crippen LogP contribution in [-0.2, 0) is 11.2 Å². The largest absolute Gasteiger partial charge is 0.295 e. The van der Waals surface area contributed by atoms with Crippen molar-refractivity contribution in [2.24, 2.45) is 0 Å². The first-order valence-corrected chi connectivity index (χ1v) is 4.81. The summed E-state index contributed by atoms with van der Waals surface area (Å²) in [5.41, 5.74) is 1.70. The van der Waals surface area contributed by atoms with Gasteiger partial charge in [-0.2, -0.15) is 0 Å². The Hall–Kier alpha value is -1.51. The van der Waals surface area contributed by atoms with Gasteiger partial charge in [-0.1, -0.05) is 11.6 Å². The van der Waals surface area contributed by atoms with Crippen LogP contribution < -0.4 is 0 Å². The summed E-state index contributed by atoms with van der Waals surface area (Å²) in [6, 6.07) is 3.84. The van der Waals surface area contributed by atoms with Gasteiger partial charge in [0.2, 0.25) is 0 Å². The molecular formula is C12H10F2O. The van der Waals surface area contributed by atoms with Gasteiger partial charge in [0.25, 0.3) is 0 Å². The van der Waals surface area contributed by atoms with E-state index < -0.39 is 11.6 Å². The van der Waals surface area contributed by atoms with E-state index in [0.717, 1.165) is 18.1 Å². The standard InChI is InChI=1S/C12H10F2O/c13-11-4-2-9(7-12(11)14)5-8-1-3-10(15)6-8/h2,4,6-7H,1,3,5H2. The number of hydrogen-bond acceptors (Lipinski definition) is 1. The molecule has 0 radical (unpaired) electrons. The number of carbonyl (C=O) groups excluding carboxylic acids is 1. The molecule has 15 heavy (non-hydrogen) atoms. The minimum absolute atomic E-state index is 0.118. The van der Waals surface area contributed by atoms with E-state index in [0.29, 0.717) is 18.4 Å². The summed E-state index contributed by atoms with van der Waals surface area (Å²) in [7, 11) is 0. The number of ketones is 1. The predicted octanol–water partition coefficient (Wildman–Crippen LogP) is 2.80. The Morgan fingerprint density at radius 3 is 2.53 bits per heavy atom. The molecule has 0 amide bonds. The van der Waals surface area contributed by atoms with Crippen molar-refractivity contribution in [2.75, 3.05) is 0 Å². The van der Waals surface area contributed by atoms with E-state index in [4.69, 9.17) is 0 Å². The lowest BCUT2D eigenvalue weighted by molar-refractivity contribution is -0.114. The second-order valence-electron chi connectivity index (χ2n) is 3.69. The lowest BCUT2D eigenvalue weighted by atomic mass is 10.0. The van der Waals surface area contributed by atoms with Crippen LogP contribution in [-0.4, -0.2) is 5.78 Å². The Labute approximate surface area is 86.4 Å². The third-order valence-corrected chi connectivity index (χ3v) is 2.47. The van der Waals surface area contributed by atoms with E-state index in [9.17, 15) is 13.6 Å². The molecule has 1 aliphatic rings. The van der Waals surface area contributed by atoms with Crippen molar-refractivity contribution in [3.8, 4) is 0 Å². The zero-order valence-electron chi connectivity index (χ0n) is 8.09. The van der Waals surface area contributed by atoms with Crippen LogP contribution in [0, 0.1) is 11.6 Å². The van der Waals surface area contributed by atoms with Crippen molar-refractivity contribution < 1.29 is 13.6 Å². The van der Waals surface area contributed by atoms with Gasteiger partial charge in [0.15, 0.2) is 17.4 Å². The predicted molar refractivity (Wildman–Crippen MR) is 52.4 cm³/mol. The van der Waals surface area contributed by atoms with E-state index in [1.807, 2.05) is 0 Å². The summed E-state index contributed by atoms with van der Waals surface area (Å²) in [5.74, 6) is -1.56. The Balaban J connectivity index is 2.14. The first kappa shape index (κ1) is 10.0. The van der Waals surface area contributed by atoms with Gasteiger partial charge in [0.05, 0.1) is 0 Å². The third-order valence-electron chi connectivity index (χ3n) is 2.47. The molecule has 0 saturated heterocycles. The number of carbonyl (C=O) groups is 1. The normalized spacial score (nSPS) is 15.6. The first-order chi connectivity index (χ1) is 7.15. The second kappa shape index (κ2) is 3.93. The van der Waals surface area contributed by atoms with Crippen LogP contribution in [0.5, 0.6) is 0 Å². The fourth-order valence-corrected chi connectivity index (χ4v) is 1.71. The molecule has 0 bridgehead atoms. The summed E-state index contributed by atoms with van der Waals surface area (Å²) in [5, 5.41) is 0. The Morgan fingerprint density at radius 1 is 1.13 bits per heavy atom. The maximum atomic E-state index is 12.9. The molecule has 0 N–H and O–H groups in total. The zero-order valence-corrected chi connectivity index (χ0v) is 8.09. The quantitative estimate of drug-likeness (QED) is 0.730. The lowest BCUT2D eigenvalue weighted by Crippen LogP contribution is -1.91. The van der Waals surface area contributed by atoms with Gasteiger partial charge in [0.1, 0.15) is 0 Å². The van der Waals surface area contributed by atoms with Gasteiger partial charge in [0, 0.05) is 6.42 Å². The number of halogens is 2. The van der Waals surface area contributed by atoms with E-state index in [-0.39, 0.29) is 5.78 Å². The minimum atomic E-state index is -0.838. The fourth-order valence-electron chi connectivity index (χ4n) is 1.71. The van der Waals surface area contributed by atoms with E-state index in [1.54, 1.807) is 12.1 Å². The molecule has 0 saturated carbocycles. The van der Waals surface area contributed by atoms with Crippen molar-refractivity contribution in [3.05, 3.63) is 47.0 Å². The summed E-state index contributed by atoms with van der Waals surface area (Å²) >= 11 is 0. The SMILES string of the molecule is O=C1C=C(Cc2ccc(F)c(F)c2)CC1. The molecular weight excluding hydrogens is 198 g/mol. The molecule has 78 valence electrons. The number of benzene rings is 1. The van der Waals surface area contributed by atoms with Crippen molar-refractivity contribution in [1.82, 2.24) is 0 Å². The van der Waals surface area contributed by atoms with Gasteiger partial charge in [-0.05, 0) is 36.6 Å². The molecule has 0 aromatic heterocycles. The van der Waals surface area contributed by atoms with Crippen LogP contribution in [0.2, 0.25) is 0 Å². The Kier molecular flexibility index (Phi) is 2.62. The molecule has 3 heteroatoms. The van der Waals surface area contributed by atoms with E-state index in [1.165, 1.54) is 6.07 Å². The van der Waals surface area contributed by atoms with Gasteiger partial charge >= 0.3 is 0 Å². The minimum Gasteiger partial charge on any atom is -0.295 e. The van der Waals surface area contributed by atoms with Crippen LogP contribution in [0.25, 0.3) is 0 Å². The topological polar surface area (TPSA) is 17.1 Å². The maximum Gasteiger partial charge on any atom is 0.159 e. The summed E-state index contributed by atoms with van der Waals surface area (Å²) in [4.78, 5) is 11.0. The molecule has 2 rings (SSSR count). The molecule has 0 heterocycles. The molecule has 1 aromatic rings. The molecule has 0 atom stereocenters. The van der Waals surface area contributed by atoms with Gasteiger partial charge in [-0.25, -0.2) is 8.78 Å². The zero-order chi connectivity index (χ0) is 10.8. The highest BCUT2D eigenvalue weighted by molar-refractivity contribution is 5.93. The Morgan fingerprint density at radius 2 is 1.93 bits per heavy atom. The van der Waals surface area contributed by atoms with Crippen LogP contribution in [0.15, 0.2) is 29.8 Å². The number of allylic oxidation sites excluding steroid dienone is 2. The number of hydrogen-bond donors (Lipinski definition) is 0. The Bertz CT molecular complexity index is 435. The van der Waals surface area contributed by atoms with Gasteiger partial charge in [-0.3, -0.25) is 4.79 Å². The molecule has 1 aliphatic carbocycles. The summed E-state index contributed by atoms with van der Waals surface area (Å²) in [6.07, 6.45) is 3.40. The van der Waals surface area contributed by atoms with Crippen LogP contribution in [0.4, 0.5) is 8.78 Å². The highest BCUT2D eigenvalue weighted by Gasteiger charge is 2.12. The highest BCUT2D eigenvalue weighted by Crippen LogP contribution is 2.20. The van der Waals surface area contributed by atoms with Crippen molar-refractivity contribution in [1.29, 1.82) is 0 Å². The lowest BCUT2D eigenvalue weighted by Gasteiger charge is -2.02. The van der Waals surface area contributed by atoms with Crippen LogP contribution >= 0.6 is 0 Å². The van der Waals surface area contributed by atoms with Crippen molar-refractivity contribution in [2.45, 2.75) is 19.3 Å². The van der Waals surface area contributed by atoms with Crippen molar-refractivity contribution >= 4 is 5.78 Å². The third kappa shape index (κ3) is 2.29. The summed E-state index contributed by atoms with van der Waals surface area (Å²) in [6.45, 7) is 0. The molecule has 0 unspecified atom stereocenters. The molecule has 0 aliphatic heterocycles. The maximum absolute atomic E-state index is 12.9. The fraction of sp³-hybridized carbons (Fsp3) is 0.250. The average molecular weight is 208 g/mol. The number of rotatable bonds is 2. The monoisotopic (exact) mass is 208 g/mol. The second-order valence-corrected chi connectivity index (χ2v) is 3.69. The average Bonchev–Trinajstić information content (AvgIpc) is 2.58. The van der Waals surface area contributed by atoms with Crippen molar-refractivity contribution in [3.63, 3.8) is 0 Å². The summed E-state index contributed by atoms with van der Waals surface area (Å²) < 4.78 is 25.5. The molecule has 0 spiro atoms. The first-order valence-electron chi connectivity index (χ1n) is 4.81. The van der Waals surface area contributed by atoms with Gasteiger partial charge in [-0.15, -0.1) is 0 Å². The molecule has 0 fully saturated rings. The van der Waals surface area contributed by atoms with Crippen LogP contribution in [0.1, 0.15) is 18.4 Å². The highest BCUT2D eigenvalue weighted by atomic mass is 19.2.